The molecule has 1 aromatic heterocycles. The van der Waals surface area contributed by atoms with Gasteiger partial charge in [-0.05, 0) is 30.7 Å². The quantitative estimate of drug-likeness (QED) is 0.860. The maximum absolute atomic E-state index is 12.3. The Morgan fingerprint density at radius 1 is 1.48 bits per heavy atom. The Morgan fingerprint density at radius 3 is 2.71 bits per heavy atom. The van der Waals surface area contributed by atoms with Gasteiger partial charge in [-0.3, -0.25) is 4.79 Å². The lowest BCUT2D eigenvalue weighted by Crippen LogP contribution is -2.42. The Morgan fingerprint density at radius 2 is 2.14 bits per heavy atom. The van der Waals surface area contributed by atoms with Crippen molar-refractivity contribution in [3.05, 3.63) is 15.8 Å². The van der Waals surface area contributed by atoms with E-state index < -0.39 is 27.9 Å². The lowest BCUT2D eigenvalue weighted by atomic mass is 10.2. The van der Waals surface area contributed by atoms with Crippen LogP contribution in [-0.4, -0.2) is 48.5 Å². The maximum atomic E-state index is 12.3. The molecule has 2 heterocycles. The highest BCUT2D eigenvalue weighted by Crippen LogP contribution is 2.29. The Balaban J connectivity index is 2.23. The van der Waals surface area contributed by atoms with Crippen LogP contribution in [0.15, 0.2) is 5.38 Å². The monoisotopic (exact) mass is 332 g/mol. The first kappa shape index (κ1) is 15.9. The SMILES string of the molecule is Cc1csc(C(=O)O)c1NC(=O)C1CCCN1S(C)(=O)=O. The molecule has 0 saturated carbocycles. The zero-order valence-electron chi connectivity index (χ0n) is 11.6. The topological polar surface area (TPSA) is 104 Å². The summed E-state index contributed by atoms with van der Waals surface area (Å²) < 4.78 is 24.5. The number of carboxylic acid groups (broad SMARTS) is 1. The number of thiophene rings is 1. The number of hydrogen-bond acceptors (Lipinski definition) is 5. The van der Waals surface area contributed by atoms with Crippen LogP contribution in [0.4, 0.5) is 5.69 Å². The van der Waals surface area contributed by atoms with Gasteiger partial charge in [-0.25, -0.2) is 13.2 Å². The van der Waals surface area contributed by atoms with Gasteiger partial charge in [-0.1, -0.05) is 0 Å². The zero-order valence-corrected chi connectivity index (χ0v) is 13.3. The van der Waals surface area contributed by atoms with Crippen molar-refractivity contribution in [3.8, 4) is 0 Å². The molecule has 1 atom stereocenters. The number of aromatic carboxylic acids is 1. The van der Waals surface area contributed by atoms with Crippen molar-refractivity contribution in [3.63, 3.8) is 0 Å². The average Bonchev–Trinajstić information content (AvgIpc) is 2.96. The summed E-state index contributed by atoms with van der Waals surface area (Å²) in [5, 5.41) is 13.3. The van der Waals surface area contributed by atoms with Crippen LogP contribution in [-0.2, 0) is 14.8 Å². The number of carbonyl (C=O) groups is 2. The largest absolute Gasteiger partial charge is 0.477 e. The Bertz CT molecular complexity index is 680. The van der Waals surface area contributed by atoms with Crippen molar-refractivity contribution in [2.24, 2.45) is 0 Å². The second kappa shape index (κ2) is 5.74. The molecule has 1 aromatic rings. The van der Waals surface area contributed by atoms with E-state index >= 15 is 0 Å². The van der Waals surface area contributed by atoms with Crippen LogP contribution in [0.25, 0.3) is 0 Å². The van der Waals surface area contributed by atoms with E-state index in [1.54, 1.807) is 12.3 Å². The highest BCUT2D eigenvalue weighted by atomic mass is 32.2. The number of carboxylic acids is 1. The molecular formula is C12H16N2O5S2. The molecule has 1 fully saturated rings. The fourth-order valence-electron chi connectivity index (χ4n) is 2.36. The summed E-state index contributed by atoms with van der Waals surface area (Å²) in [6, 6.07) is -0.777. The zero-order chi connectivity index (χ0) is 15.8. The second-order valence-corrected chi connectivity index (χ2v) is 7.76. The van der Waals surface area contributed by atoms with Crippen LogP contribution in [0, 0.1) is 6.92 Å². The van der Waals surface area contributed by atoms with E-state index in [9.17, 15) is 18.0 Å². The molecule has 0 spiro atoms. The van der Waals surface area contributed by atoms with Crippen molar-refractivity contribution in [2.45, 2.75) is 25.8 Å². The molecule has 21 heavy (non-hydrogen) atoms. The van der Waals surface area contributed by atoms with Crippen molar-refractivity contribution in [1.29, 1.82) is 0 Å². The van der Waals surface area contributed by atoms with Gasteiger partial charge in [0.05, 0.1) is 11.9 Å². The molecule has 0 aliphatic carbocycles. The number of rotatable bonds is 4. The van der Waals surface area contributed by atoms with Crippen molar-refractivity contribution < 1.29 is 23.1 Å². The third kappa shape index (κ3) is 3.25. The number of nitrogens with zero attached hydrogens (tertiary/aromatic N) is 1. The molecule has 116 valence electrons. The Hall–Kier alpha value is -1.45. The second-order valence-electron chi connectivity index (χ2n) is 4.95. The third-order valence-electron chi connectivity index (χ3n) is 3.35. The maximum Gasteiger partial charge on any atom is 0.348 e. The fraction of sp³-hybridized carbons (Fsp3) is 0.500. The Labute approximate surface area is 126 Å². The average molecular weight is 332 g/mol. The first-order chi connectivity index (χ1) is 9.71. The summed E-state index contributed by atoms with van der Waals surface area (Å²) in [7, 11) is -3.45. The minimum absolute atomic E-state index is 0.0461. The van der Waals surface area contributed by atoms with Crippen LogP contribution in [0.5, 0.6) is 0 Å². The van der Waals surface area contributed by atoms with Crippen molar-refractivity contribution >= 4 is 38.9 Å². The molecule has 1 saturated heterocycles. The molecule has 2 rings (SSSR count). The molecule has 1 aliphatic heterocycles. The predicted octanol–water partition coefficient (Wildman–Crippen LogP) is 1.12. The number of anilines is 1. The number of hydrogen-bond donors (Lipinski definition) is 2. The molecule has 7 nitrogen and oxygen atoms in total. The van der Waals surface area contributed by atoms with Crippen molar-refractivity contribution in [1.82, 2.24) is 4.31 Å². The summed E-state index contributed by atoms with van der Waals surface area (Å²) in [4.78, 5) is 23.5. The smallest absolute Gasteiger partial charge is 0.348 e. The summed E-state index contributed by atoms with van der Waals surface area (Å²) in [6.45, 7) is 2.01. The lowest BCUT2D eigenvalue weighted by molar-refractivity contribution is -0.119. The standard InChI is InChI=1S/C12H16N2O5S2/c1-7-6-20-10(12(16)17)9(7)13-11(15)8-4-3-5-14(8)21(2,18)19/h6,8H,3-5H2,1-2H3,(H,13,15)(H,16,17). The number of aryl methyl sites for hydroxylation is 1. The van der Waals surface area contributed by atoms with Crippen LogP contribution >= 0.6 is 11.3 Å². The highest BCUT2D eigenvalue weighted by Gasteiger charge is 2.37. The van der Waals surface area contributed by atoms with E-state index in [0.29, 0.717) is 24.9 Å². The minimum atomic E-state index is -3.45. The van der Waals surface area contributed by atoms with Gasteiger partial charge in [-0.15, -0.1) is 11.3 Å². The number of sulfonamides is 1. The molecule has 0 bridgehead atoms. The first-order valence-corrected chi connectivity index (χ1v) is 9.03. The first-order valence-electron chi connectivity index (χ1n) is 6.31. The number of nitrogens with one attached hydrogen (secondary N) is 1. The molecule has 1 amide bonds. The summed E-state index contributed by atoms with van der Waals surface area (Å²) in [6.07, 6.45) is 2.11. The van der Waals surface area contributed by atoms with E-state index in [1.165, 1.54) is 0 Å². The molecular weight excluding hydrogens is 316 g/mol. The van der Waals surface area contributed by atoms with Gasteiger partial charge in [0.1, 0.15) is 10.9 Å². The van der Waals surface area contributed by atoms with E-state index in [2.05, 4.69) is 5.32 Å². The molecule has 9 heteroatoms. The number of carbonyl (C=O) groups excluding carboxylic acids is 1. The number of amides is 1. The Kier molecular flexibility index (Phi) is 4.35. The summed E-state index contributed by atoms with van der Waals surface area (Å²) >= 11 is 1.03. The molecule has 0 radical (unpaired) electrons. The van der Waals surface area contributed by atoms with Gasteiger partial charge in [0.2, 0.25) is 15.9 Å². The predicted molar refractivity (Wildman–Crippen MR) is 79.2 cm³/mol. The summed E-state index contributed by atoms with van der Waals surface area (Å²) in [5.74, 6) is -1.60. The van der Waals surface area contributed by atoms with E-state index in [0.717, 1.165) is 21.9 Å². The highest BCUT2D eigenvalue weighted by molar-refractivity contribution is 7.88. The van der Waals surface area contributed by atoms with Crippen molar-refractivity contribution in [2.75, 3.05) is 18.1 Å². The van der Waals surface area contributed by atoms with Gasteiger partial charge >= 0.3 is 5.97 Å². The fourth-order valence-corrected chi connectivity index (χ4v) is 4.33. The van der Waals surface area contributed by atoms with Crippen LogP contribution in [0.2, 0.25) is 0 Å². The molecule has 1 aliphatic rings. The van der Waals surface area contributed by atoms with E-state index in [1.807, 2.05) is 0 Å². The van der Waals surface area contributed by atoms with E-state index in [-0.39, 0.29) is 10.6 Å². The van der Waals surface area contributed by atoms with Crippen LogP contribution < -0.4 is 5.32 Å². The van der Waals surface area contributed by atoms with Gasteiger partial charge in [0, 0.05) is 6.54 Å². The summed E-state index contributed by atoms with van der Waals surface area (Å²) in [5.41, 5.74) is 0.896. The van der Waals surface area contributed by atoms with E-state index in [4.69, 9.17) is 5.11 Å². The normalized spacial score (nSPS) is 19.6. The van der Waals surface area contributed by atoms with Gasteiger partial charge in [0.15, 0.2) is 0 Å². The lowest BCUT2D eigenvalue weighted by Gasteiger charge is -2.21. The third-order valence-corrected chi connectivity index (χ3v) is 5.72. The van der Waals surface area contributed by atoms with Crippen LogP contribution in [0.3, 0.4) is 0 Å². The van der Waals surface area contributed by atoms with Gasteiger partial charge in [0.25, 0.3) is 0 Å². The van der Waals surface area contributed by atoms with Gasteiger partial charge in [-0.2, -0.15) is 4.31 Å². The molecule has 2 N–H and O–H groups in total. The molecule has 0 aromatic carbocycles. The van der Waals surface area contributed by atoms with Crippen LogP contribution in [0.1, 0.15) is 28.1 Å². The minimum Gasteiger partial charge on any atom is -0.477 e. The van der Waals surface area contributed by atoms with Gasteiger partial charge < -0.3 is 10.4 Å². The molecule has 1 unspecified atom stereocenters.